The Kier molecular flexibility index (Phi) is 4.03. The second-order valence-electron chi connectivity index (χ2n) is 5.92. The van der Waals surface area contributed by atoms with Gasteiger partial charge in [-0.1, -0.05) is 31.2 Å². The Bertz CT molecular complexity index is 748. The molecule has 0 saturated heterocycles. The number of benzene rings is 2. The molecule has 3 nitrogen and oxygen atoms in total. The first-order chi connectivity index (χ1) is 11.0. The van der Waals surface area contributed by atoms with Gasteiger partial charge in [0.1, 0.15) is 0 Å². The van der Waals surface area contributed by atoms with Crippen LogP contribution in [0.5, 0.6) is 0 Å². The molecule has 0 spiro atoms. The molecule has 2 amide bonds. The van der Waals surface area contributed by atoms with E-state index in [4.69, 9.17) is 0 Å². The van der Waals surface area contributed by atoms with Gasteiger partial charge in [-0.3, -0.25) is 4.90 Å². The quantitative estimate of drug-likeness (QED) is 0.877. The number of carbonyl (C=O) groups is 1. The summed E-state index contributed by atoms with van der Waals surface area (Å²) >= 11 is 0. The fraction of sp³-hybridized carbons (Fsp3) is 0.278. The highest BCUT2D eigenvalue weighted by Gasteiger charge is 2.30. The van der Waals surface area contributed by atoms with Crippen LogP contribution in [0.4, 0.5) is 19.3 Å². The van der Waals surface area contributed by atoms with E-state index in [0.717, 1.165) is 23.4 Å². The van der Waals surface area contributed by atoms with Crippen LogP contribution >= 0.6 is 0 Å². The third-order valence-corrected chi connectivity index (χ3v) is 4.24. The van der Waals surface area contributed by atoms with Crippen molar-refractivity contribution in [2.24, 2.45) is 0 Å². The normalized spacial score (nSPS) is 17.7. The number of halogens is 2. The van der Waals surface area contributed by atoms with E-state index in [2.05, 4.69) is 12.2 Å². The van der Waals surface area contributed by atoms with Gasteiger partial charge in [0.2, 0.25) is 0 Å². The first-order valence-corrected chi connectivity index (χ1v) is 7.59. The minimum Gasteiger partial charge on any atom is -0.331 e. The lowest BCUT2D eigenvalue weighted by Crippen LogP contribution is -2.40. The number of hydrogen-bond acceptors (Lipinski definition) is 1. The maximum atomic E-state index is 13.3. The Morgan fingerprint density at radius 1 is 1.22 bits per heavy atom. The smallest absolute Gasteiger partial charge is 0.322 e. The standard InChI is InChI=1S/C18H18F2N2O/c1-11-10-22(17-6-4-3-5-14(11)17)18(23)21-12(2)13-7-8-15(19)16(20)9-13/h3-9,11-12H,10H2,1-2H3,(H,21,23). The molecule has 23 heavy (non-hydrogen) atoms. The second-order valence-corrected chi connectivity index (χ2v) is 5.92. The fourth-order valence-corrected chi connectivity index (χ4v) is 2.94. The van der Waals surface area contributed by atoms with Crippen LogP contribution in [0.2, 0.25) is 0 Å². The van der Waals surface area contributed by atoms with Gasteiger partial charge in [-0.05, 0) is 36.2 Å². The van der Waals surface area contributed by atoms with Crippen molar-refractivity contribution >= 4 is 11.7 Å². The van der Waals surface area contributed by atoms with Gasteiger partial charge < -0.3 is 5.32 Å². The van der Waals surface area contributed by atoms with E-state index < -0.39 is 17.7 Å². The van der Waals surface area contributed by atoms with Crippen molar-refractivity contribution in [3.8, 4) is 0 Å². The van der Waals surface area contributed by atoms with Gasteiger partial charge in [0.15, 0.2) is 11.6 Å². The lowest BCUT2D eigenvalue weighted by atomic mass is 10.0. The molecule has 0 aromatic heterocycles. The first-order valence-electron chi connectivity index (χ1n) is 7.59. The minimum absolute atomic E-state index is 0.237. The molecule has 5 heteroatoms. The second kappa shape index (κ2) is 5.99. The molecule has 1 heterocycles. The number of carbonyl (C=O) groups excluding carboxylic acids is 1. The lowest BCUT2D eigenvalue weighted by molar-refractivity contribution is 0.243. The number of nitrogens with zero attached hydrogens (tertiary/aromatic N) is 1. The molecule has 0 fully saturated rings. The summed E-state index contributed by atoms with van der Waals surface area (Å²) in [4.78, 5) is 14.2. The Balaban J connectivity index is 1.76. The number of rotatable bonds is 2. The van der Waals surface area contributed by atoms with Gasteiger partial charge in [-0.15, -0.1) is 0 Å². The molecule has 1 aliphatic rings. The van der Waals surface area contributed by atoms with Crippen molar-refractivity contribution in [3.05, 3.63) is 65.2 Å². The molecule has 0 bridgehead atoms. The molecule has 0 radical (unpaired) electrons. The summed E-state index contributed by atoms with van der Waals surface area (Å²) in [5.74, 6) is -1.53. The van der Waals surface area contributed by atoms with Crippen LogP contribution in [0, 0.1) is 11.6 Å². The monoisotopic (exact) mass is 316 g/mol. The van der Waals surface area contributed by atoms with E-state index in [1.165, 1.54) is 6.07 Å². The van der Waals surface area contributed by atoms with Gasteiger partial charge >= 0.3 is 6.03 Å². The van der Waals surface area contributed by atoms with Crippen molar-refractivity contribution < 1.29 is 13.6 Å². The van der Waals surface area contributed by atoms with Crippen LogP contribution in [0.1, 0.15) is 36.9 Å². The van der Waals surface area contributed by atoms with Gasteiger partial charge in [0.25, 0.3) is 0 Å². The number of amides is 2. The molecule has 1 N–H and O–H groups in total. The minimum atomic E-state index is -0.913. The molecule has 3 rings (SSSR count). The number of hydrogen-bond donors (Lipinski definition) is 1. The number of fused-ring (bicyclic) bond motifs is 1. The zero-order valence-electron chi connectivity index (χ0n) is 13.0. The fourth-order valence-electron chi connectivity index (χ4n) is 2.94. The van der Waals surface area contributed by atoms with Crippen LogP contribution < -0.4 is 10.2 Å². The highest BCUT2D eigenvalue weighted by molar-refractivity contribution is 5.94. The van der Waals surface area contributed by atoms with Gasteiger partial charge in [0.05, 0.1) is 6.04 Å². The predicted molar refractivity (Wildman–Crippen MR) is 85.5 cm³/mol. The van der Waals surface area contributed by atoms with E-state index in [-0.39, 0.29) is 11.9 Å². The van der Waals surface area contributed by atoms with Crippen molar-refractivity contribution in [3.63, 3.8) is 0 Å². The molecular formula is C18H18F2N2O. The largest absolute Gasteiger partial charge is 0.331 e. The Labute approximate surface area is 133 Å². The molecule has 1 aliphatic heterocycles. The average Bonchev–Trinajstić information content (AvgIpc) is 2.87. The van der Waals surface area contributed by atoms with Crippen LogP contribution in [0.25, 0.3) is 0 Å². The summed E-state index contributed by atoms with van der Waals surface area (Å²) in [6.45, 7) is 4.43. The van der Waals surface area contributed by atoms with Gasteiger partial charge in [-0.25, -0.2) is 13.6 Å². The number of anilines is 1. The third kappa shape index (κ3) is 2.91. The Morgan fingerprint density at radius 3 is 2.70 bits per heavy atom. The van der Waals surface area contributed by atoms with Crippen molar-refractivity contribution in [1.82, 2.24) is 5.32 Å². The zero-order chi connectivity index (χ0) is 16.6. The molecule has 120 valence electrons. The lowest BCUT2D eigenvalue weighted by Gasteiger charge is -2.22. The van der Waals surface area contributed by atoms with E-state index in [0.29, 0.717) is 12.1 Å². The predicted octanol–water partition coefficient (Wildman–Crippen LogP) is 4.36. The summed E-state index contributed by atoms with van der Waals surface area (Å²) < 4.78 is 26.3. The van der Waals surface area contributed by atoms with E-state index in [9.17, 15) is 13.6 Å². The molecule has 2 atom stereocenters. The van der Waals surface area contributed by atoms with Crippen LogP contribution in [-0.4, -0.2) is 12.6 Å². The summed E-state index contributed by atoms with van der Waals surface area (Å²) in [6.07, 6.45) is 0. The topological polar surface area (TPSA) is 32.3 Å². The third-order valence-electron chi connectivity index (χ3n) is 4.24. The summed E-state index contributed by atoms with van der Waals surface area (Å²) in [5, 5.41) is 2.84. The summed E-state index contributed by atoms with van der Waals surface area (Å²) in [5.41, 5.74) is 2.57. The van der Waals surface area contributed by atoms with Crippen LogP contribution in [0.3, 0.4) is 0 Å². The summed E-state index contributed by atoms with van der Waals surface area (Å²) in [6, 6.07) is 10.8. The maximum Gasteiger partial charge on any atom is 0.322 e. The van der Waals surface area contributed by atoms with Crippen molar-refractivity contribution in [2.75, 3.05) is 11.4 Å². The number of urea groups is 1. The average molecular weight is 316 g/mol. The van der Waals surface area contributed by atoms with Crippen LogP contribution in [-0.2, 0) is 0 Å². The first kappa shape index (κ1) is 15.5. The molecule has 2 aromatic rings. The van der Waals surface area contributed by atoms with E-state index in [1.54, 1.807) is 11.8 Å². The molecule has 2 unspecified atom stereocenters. The highest BCUT2D eigenvalue weighted by Crippen LogP contribution is 2.35. The van der Waals surface area contributed by atoms with Gasteiger partial charge in [-0.2, -0.15) is 0 Å². The van der Waals surface area contributed by atoms with Crippen molar-refractivity contribution in [1.29, 1.82) is 0 Å². The van der Waals surface area contributed by atoms with E-state index >= 15 is 0 Å². The Morgan fingerprint density at radius 2 is 1.96 bits per heavy atom. The molecule has 0 saturated carbocycles. The zero-order valence-corrected chi connectivity index (χ0v) is 13.0. The molecule has 0 aliphatic carbocycles. The maximum absolute atomic E-state index is 13.3. The SMILES string of the molecule is CC1CN(C(=O)NC(C)c2ccc(F)c(F)c2)c2ccccc21. The Hall–Kier alpha value is -2.43. The number of nitrogens with one attached hydrogen (secondary N) is 1. The molecular weight excluding hydrogens is 298 g/mol. The van der Waals surface area contributed by atoms with E-state index in [1.807, 2.05) is 24.3 Å². The number of para-hydroxylation sites is 1. The molecule has 2 aromatic carbocycles. The van der Waals surface area contributed by atoms with Crippen LogP contribution in [0.15, 0.2) is 42.5 Å². The summed E-state index contributed by atoms with van der Waals surface area (Å²) in [7, 11) is 0. The van der Waals surface area contributed by atoms with Crippen molar-refractivity contribution in [2.45, 2.75) is 25.8 Å². The highest BCUT2D eigenvalue weighted by atomic mass is 19.2. The van der Waals surface area contributed by atoms with Gasteiger partial charge in [0, 0.05) is 18.2 Å².